The molecule has 1 aliphatic heterocycles. The number of rotatable bonds is 5. The second-order valence-electron chi connectivity index (χ2n) is 10.2. The van der Waals surface area contributed by atoms with E-state index in [2.05, 4.69) is 16.4 Å². The molecule has 35 heavy (non-hydrogen) atoms. The summed E-state index contributed by atoms with van der Waals surface area (Å²) < 4.78 is 11.2. The molecule has 1 aromatic carbocycles. The van der Waals surface area contributed by atoms with Crippen molar-refractivity contribution in [2.24, 2.45) is 0 Å². The predicted molar refractivity (Wildman–Crippen MR) is 133 cm³/mol. The number of carbonyl (C=O) groups is 2. The van der Waals surface area contributed by atoms with Crippen LogP contribution in [-0.4, -0.2) is 64.8 Å². The fraction of sp³-hybridized carbons (Fsp3) is 0.519. The van der Waals surface area contributed by atoms with Gasteiger partial charge in [-0.15, -0.1) is 0 Å². The molecule has 0 saturated carbocycles. The SMILES string of the molecule is CC(C)(C)OC(=O)N1CCN(C(=O)OCc2ccccc2)C(CN[C@H]2CCCc3cccnc32)C1. The Kier molecular flexibility index (Phi) is 7.90. The molecule has 1 aliphatic carbocycles. The minimum absolute atomic E-state index is 0.124. The van der Waals surface area contributed by atoms with Crippen LogP contribution in [0.4, 0.5) is 9.59 Å². The number of nitrogens with one attached hydrogen (secondary N) is 1. The quantitative estimate of drug-likeness (QED) is 0.687. The maximum atomic E-state index is 13.1. The summed E-state index contributed by atoms with van der Waals surface area (Å²) in [5.41, 5.74) is 2.72. The van der Waals surface area contributed by atoms with E-state index in [4.69, 9.17) is 9.47 Å². The van der Waals surface area contributed by atoms with Crippen molar-refractivity contribution in [3.05, 3.63) is 65.5 Å². The lowest BCUT2D eigenvalue weighted by atomic mass is 9.91. The van der Waals surface area contributed by atoms with Crippen LogP contribution in [0, 0.1) is 0 Å². The van der Waals surface area contributed by atoms with Crippen LogP contribution >= 0.6 is 0 Å². The van der Waals surface area contributed by atoms with Gasteiger partial charge in [-0.25, -0.2) is 9.59 Å². The lowest BCUT2D eigenvalue weighted by Gasteiger charge is -2.41. The molecule has 2 aromatic rings. The second kappa shape index (κ2) is 11.1. The van der Waals surface area contributed by atoms with Gasteiger partial charge in [-0.05, 0) is 57.2 Å². The average Bonchev–Trinajstić information content (AvgIpc) is 2.85. The van der Waals surface area contributed by atoms with Gasteiger partial charge in [-0.1, -0.05) is 36.4 Å². The van der Waals surface area contributed by atoms with Crippen LogP contribution < -0.4 is 5.32 Å². The van der Waals surface area contributed by atoms with Crippen molar-refractivity contribution in [1.82, 2.24) is 20.1 Å². The Morgan fingerprint density at radius 2 is 1.89 bits per heavy atom. The van der Waals surface area contributed by atoms with E-state index in [-0.39, 0.29) is 30.9 Å². The molecule has 0 radical (unpaired) electrons. The molecule has 188 valence electrons. The Hall–Kier alpha value is -3.13. The summed E-state index contributed by atoms with van der Waals surface area (Å²) >= 11 is 0. The molecule has 2 amide bonds. The highest BCUT2D eigenvalue weighted by molar-refractivity contribution is 5.71. The van der Waals surface area contributed by atoms with E-state index in [1.807, 2.05) is 63.4 Å². The standard InChI is InChI=1S/C27H36N4O4/c1-27(2,3)35-25(32)30-15-16-31(26(33)34-19-20-9-5-4-6-10-20)22(18-30)17-29-23-13-7-11-21-12-8-14-28-24(21)23/h4-6,8-10,12,14,22-23,29H,7,11,13,15-19H2,1-3H3/t22?,23-/m0/s1. The molecule has 1 fully saturated rings. The first kappa shape index (κ1) is 25.0. The van der Waals surface area contributed by atoms with Crippen molar-refractivity contribution in [3.63, 3.8) is 0 Å². The van der Waals surface area contributed by atoms with Crippen LogP contribution in [0.1, 0.15) is 56.5 Å². The van der Waals surface area contributed by atoms with E-state index in [0.29, 0.717) is 26.2 Å². The van der Waals surface area contributed by atoms with Gasteiger partial charge < -0.3 is 24.6 Å². The number of amides is 2. The summed E-state index contributed by atoms with van der Waals surface area (Å²) in [5, 5.41) is 3.62. The van der Waals surface area contributed by atoms with Gasteiger partial charge in [0, 0.05) is 38.4 Å². The van der Waals surface area contributed by atoms with Crippen LogP contribution in [0.5, 0.6) is 0 Å². The van der Waals surface area contributed by atoms with Crippen LogP contribution in [-0.2, 0) is 22.5 Å². The number of ether oxygens (including phenoxy) is 2. The fourth-order valence-electron chi connectivity index (χ4n) is 4.65. The highest BCUT2D eigenvalue weighted by Crippen LogP contribution is 2.28. The fourth-order valence-corrected chi connectivity index (χ4v) is 4.65. The zero-order valence-electron chi connectivity index (χ0n) is 20.9. The van der Waals surface area contributed by atoms with Gasteiger partial charge in [-0.2, -0.15) is 0 Å². The van der Waals surface area contributed by atoms with Crippen molar-refractivity contribution in [2.45, 2.75) is 64.3 Å². The molecule has 8 nitrogen and oxygen atoms in total. The maximum Gasteiger partial charge on any atom is 0.410 e. The number of hydrogen-bond donors (Lipinski definition) is 1. The van der Waals surface area contributed by atoms with Gasteiger partial charge in [0.2, 0.25) is 0 Å². The zero-order valence-corrected chi connectivity index (χ0v) is 20.9. The third-order valence-corrected chi connectivity index (χ3v) is 6.37. The number of aryl methyl sites for hydroxylation is 1. The summed E-state index contributed by atoms with van der Waals surface area (Å²) in [5.74, 6) is 0. The third kappa shape index (κ3) is 6.72. The van der Waals surface area contributed by atoms with Crippen molar-refractivity contribution >= 4 is 12.2 Å². The molecule has 8 heteroatoms. The number of hydrogen-bond acceptors (Lipinski definition) is 6. The van der Waals surface area contributed by atoms with Gasteiger partial charge in [0.25, 0.3) is 0 Å². The highest BCUT2D eigenvalue weighted by Gasteiger charge is 2.36. The van der Waals surface area contributed by atoms with Crippen molar-refractivity contribution < 1.29 is 19.1 Å². The summed E-state index contributed by atoms with van der Waals surface area (Å²) in [6, 6.07) is 13.6. The zero-order chi connectivity index (χ0) is 24.8. The van der Waals surface area contributed by atoms with Gasteiger partial charge in [-0.3, -0.25) is 4.98 Å². The van der Waals surface area contributed by atoms with Crippen molar-refractivity contribution in [3.8, 4) is 0 Å². The Morgan fingerprint density at radius 1 is 1.09 bits per heavy atom. The molecule has 2 aliphatic rings. The normalized spacial score (nSPS) is 20.2. The van der Waals surface area contributed by atoms with Gasteiger partial charge >= 0.3 is 12.2 Å². The first-order valence-corrected chi connectivity index (χ1v) is 12.4. The highest BCUT2D eigenvalue weighted by atomic mass is 16.6. The summed E-state index contributed by atoms with van der Waals surface area (Å²) in [7, 11) is 0. The molecule has 1 aromatic heterocycles. The number of pyridine rings is 1. The molecule has 1 N–H and O–H groups in total. The summed E-state index contributed by atoms with van der Waals surface area (Å²) in [6.07, 6.45) is 4.22. The molecule has 4 rings (SSSR count). The molecule has 1 saturated heterocycles. The minimum Gasteiger partial charge on any atom is -0.445 e. The maximum absolute atomic E-state index is 13.1. The van der Waals surface area contributed by atoms with Crippen LogP contribution in [0.2, 0.25) is 0 Å². The number of aromatic nitrogens is 1. The van der Waals surface area contributed by atoms with Gasteiger partial charge in [0.15, 0.2) is 0 Å². The Labute approximate surface area is 207 Å². The lowest BCUT2D eigenvalue weighted by molar-refractivity contribution is 0.000919. The first-order chi connectivity index (χ1) is 16.8. The number of benzene rings is 1. The summed E-state index contributed by atoms with van der Waals surface area (Å²) in [4.78, 5) is 33.9. The van der Waals surface area contributed by atoms with E-state index in [9.17, 15) is 9.59 Å². The van der Waals surface area contributed by atoms with Crippen molar-refractivity contribution in [2.75, 3.05) is 26.2 Å². The van der Waals surface area contributed by atoms with Gasteiger partial charge in [0.1, 0.15) is 12.2 Å². The minimum atomic E-state index is -0.575. The predicted octanol–water partition coefficient (Wildman–Crippen LogP) is 4.31. The van der Waals surface area contributed by atoms with Gasteiger partial charge in [0.05, 0.1) is 11.7 Å². The van der Waals surface area contributed by atoms with E-state index >= 15 is 0 Å². The monoisotopic (exact) mass is 480 g/mol. The molecule has 2 heterocycles. The van der Waals surface area contributed by atoms with E-state index in [1.54, 1.807) is 9.80 Å². The molecule has 0 spiro atoms. The number of nitrogens with zero attached hydrogens (tertiary/aromatic N) is 3. The molecular weight excluding hydrogens is 444 g/mol. The largest absolute Gasteiger partial charge is 0.445 e. The Morgan fingerprint density at radius 3 is 2.66 bits per heavy atom. The molecule has 0 bridgehead atoms. The molecule has 1 unspecified atom stereocenters. The van der Waals surface area contributed by atoms with Crippen LogP contribution in [0.25, 0.3) is 0 Å². The Bertz CT molecular complexity index is 1010. The van der Waals surface area contributed by atoms with Crippen LogP contribution in [0.3, 0.4) is 0 Å². The smallest absolute Gasteiger partial charge is 0.410 e. The number of fused-ring (bicyclic) bond motifs is 1. The van der Waals surface area contributed by atoms with E-state index in [0.717, 1.165) is 30.5 Å². The van der Waals surface area contributed by atoms with Crippen molar-refractivity contribution in [1.29, 1.82) is 0 Å². The first-order valence-electron chi connectivity index (χ1n) is 12.4. The summed E-state index contributed by atoms with van der Waals surface area (Å²) in [6.45, 7) is 7.48. The molecular formula is C27H36N4O4. The van der Waals surface area contributed by atoms with E-state index < -0.39 is 5.60 Å². The van der Waals surface area contributed by atoms with Crippen LogP contribution in [0.15, 0.2) is 48.7 Å². The number of piperazine rings is 1. The molecule has 2 atom stereocenters. The second-order valence-corrected chi connectivity index (χ2v) is 10.2. The average molecular weight is 481 g/mol. The lowest BCUT2D eigenvalue weighted by Crippen LogP contribution is -2.60. The van der Waals surface area contributed by atoms with E-state index in [1.165, 1.54) is 5.56 Å². The Balaban J connectivity index is 1.44. The third-order valence-electron chi connectivity index (χ3n) is 6.37. The number of carbonyl (C=O) groups excluding carboxylic acids is 2. The topological polar surface area (TPSA) is 84.0 Å².